The molecule has 0 unspecified atom stereocenters. The number of aliphatic hydroxyl groups excluding tert-OH is 1. The summed E-state index contributed by atoms with van der Waals surface area (Å²) < 4.78 is 0. The average molecular weight is 2070 g/mol. The van der Waals surface area contributed by atoms with Crippen molar-refractivity contribution in [1.82, 2.24) is 103 Å². The van der Waals surface area contributed by atoms with Crippen molar-refractivity contribution >= 4 is 146 Å². The minimum Gasteiger partial charge on any atom is -0.508 e. The van der Waals surface area contributed by atoms with Gasteiger partial charge in [-0.05, 0) is 119 Å². The van der Waals surface area contributed by atoms with Crippen LogP contribution in [0.2, 0.25) is 0 Å². The summed E-state index contributed by atoms with van der Waals surface area (Å²) in [4.78, 5) is 296. The Morgan fingerprint density at radius 1 is 0.490 bits per heavy atom. The summed E-state index contributed by atoms with van der Waals surface area (Å²) in [6.45, 7) is 3.34. The van der Waals surface area contributed by atoms with Crippen LogP contribution in [0.25, 0.3) is 21.8 Å². The summed E-state index contributed by atoms with van der Waals surface area (Å²) in [5.41, 5.74) is 21.1. The van der Waals surface area contributed by atoms with Crippen LogP contribution in [0.15, 0.2) is 97.7 Å². The number of aromatic amines is 3. The third-order valence-electron chi connectivity index (χ3n) is 26.6. The standard InChI is InChI=1S/C100H143N23O23S/c1-7-9-28-78-93(139)112-70(39-41-102)90(136)118-77(88(134)108-53-83(127)105-42-22-16-14-12-11-13-15-17-31-85(129)130)55-147-56-84(128)110-74(44-59-32-34-63(124)35-33-59)96(142)119(4)58(3)87(133)116-76(49-82(103)126)99(145)122-43-23-30-79(122)94(140)115-73(47-62-52-104-57-109-62)92(138)113-71(36-37-86(131)132)98(144)123-54-64(125)48-81(123)95(141)114-72(45-60-50-106-67-26-20-18-24-65(60)67)91(137)111-69(38-40-101)89(135)117-75(46-61-51-107-68-27-21-19-25-66(61)68)97(143)121(6)80(29-10-8-2)100(146)120(78)5/h18-21,24-27,32-35,50-52,57-58,64,69-81,106-107,124-125H,7-17,22-23,28-31,36-49,53-56,101-102H2,1-6H3,(H2,103,126)(H,104,109)(H,105,127)(H,108,134)(H,110,128)(H,111,137)(H,112,139)(H,113,138)(H,114,141)(H,115,140)(H,116,133)(H,117,135)(H,118,136)(H,129,130)(H,131,132)/t58-,64+,69-,70-,71+,72-,73-,74-,75-,76-,77-,78-,79-,80-,81-/m0/s1. The van der Waals surface area contributed by atoms with Crippen molar-refractivity contribution in [1.29, 1.82) is 0 Å². The summed E-state index contributed by atoms with van der Waals surface area (Å²) in [7, 11) is 3.93. The van der Waals surface area contributed by atoms with Crippen LogP contribution in [0.5, 0.6) is 5.75 Å². The number of fused-ring (bicyclic) bond motifs is 4. The van der Waals surface area contributed by atoms with Gasteiger partial charge in [-0.25, -0.2) is 4.98 Å². The van der Waals surface area contributed by atoms with Crippen LogP contribution in [0.1, 0.15) is 191 Å². The fourth-order valence-electron chi connectivity index (χ4n) is 18.2. The number of rotatable bonds is 37. The van der Waals surface area contributed by atoms with E-state index in [0.29, 0.717) is 77.0 Å². The van der Waals surface area contributed by atoms with Gasteiger partial charge in [-0.3, -0.25) is 91.1 Å². The van der Waals surface area contributed by atoms with E-state index in [0.717, 1.165) is 65.0 Å². The average Bonchev–Trinajstić information content (AvgIpc) is 1.67. The van der Waals surface area contributed by atoms with Gasteiger partial charge in [0.2, 0.25) is 100 Å². The summed E-state index contributed by atoms with van der Waals surface area (Å²) in [5.74, 6) is -19.5. The molecule has 0 saturated carbocycles. The van der Waals surface area contributed by atoms with E-state index in [4.69, 9.17) is 22.3 Å². The van der Waals surface area contributed by atoms with Gasteiger partial charge in [-0.15, -0.1) is 11.8 Å². The molecule has 147 heavy (non-hydrogen) atoms. The van der Waals surface area contributed by atoms with Crippen LogP contribution in [-0.2, 0) is 117 Å². The highest BCUT2D eigenvalue weighted by atomic mass is 32.2. The van der Waals surface area contributed by atoms with Crippen molar-refractivity contribution in [3.05, 3.63) is 120 Å². The molecule has 0 radical (unpaired) electrons. The van der Waals surface area contributed by atoms with Gasteiger partial charge in [0.1, 0.15) is 90.3 Å². The zero-order valence-corrected chi connectivity index (χ0v) is 84.8. The molecule has 3 aromatic heterocycles. The molecule has 802 valence electrons. The molecule has 0 bridgehead atoms. The Bertz CT molecular complexity index is 5530. The number of carbonyl (C=O) groups is 19. The lowest BCUT2D eigenvalue weighted by atomic mass is 9.99. The fourth-order valence-corrected chi connectivity index (χ4v) is 19.1. The number of aromatic hydroxyl groups is 1. The highest BCUT2D eigenvalue weighted by Gasteiger charge is 2.47. The number of carboxylic acids is 2. The largest absolute Gasteiger partial charge is 0.508 e. The Morgan fingerprint density at radius 3 is 1.59 bits per heavy atom. The van der Waals surface area contributed by atoms with Crippen molar-refractivity contribution in [3.8, 4) is 5.75 Å². The van der Waals surface area contributed by atoms with Gasteiger partial charge in [-0.1, -0.05) is 127 Å². The number of thioether (sulfide) groups is 1. The summed E-state index contributed by atoms with van der Waals surface area (Å²) in [6, 6.07) is -2.65. The molecular weight excluding hydrogens is 1920 g/mol. The molecule has 3 fully saturated rings. The third-order valence-corrected chi connectivity index (χ3v) is 27.7. The lowest BCUT2D eigenvalue weighted by Crippen LogP contribution is -2.61. The van der Waals surface area contributed by atoms with Crippen LogP contribution >= 0.6 is 11.8 Å². The number of carboxylic acid groups (broad SMARTS) is 2. The van der Waals surface area contributed by atoms with Crippen LogP contribution < -0.4 is 75.7 Å². The quantitative estimate of drug-likeness (QED) is 0.0220. The normalized spacial score (nSPS) is 23.7. The number of benzene rings is 3. The molecule has 47 heteroatoms. The first-order chi connectivity index (χ1) is 70.3. The zero-order valence-electron chi connectivity index (χ0n) is 84.0. The summed E-state index contributed by atoms with van der Waals surface area (Å²) in [5, 5.41) is 71.6. The number of primary amides is 1. The first kappa shape index (κ1) is 116. The van der Waals surface area contributed by atoms with Gasteiger partial charge < -0.3 is 136 Å². The van der Waals surface area contributed by atoms with Gasteiger partial charge in [0, 0.05) is 138 Å². The minimum atomic E-state index is -1.85. The number of nitrogens with two attached hydrogens (primary N) is 3. The van der Waals surface area contributed by atoms with E-state index >= 15 is 47.9 Å². The number of phenols is 1. The molecule has 3 aliphatic rings. The lowest BCUT2D eigenvalue weighted by molar-refractivity contribution is -0.149. The number of aliphatic hydroxyl groups is 1. The first-order valence-corrected chi connectivity index (χ1v) is 51.4. The molecule has 0 spiro atoms. The number of carbonyl (C=O) groups excluding carboxylic acids is 17. The molecule has 15 atom stereocenters. The predicted molar refractivity (Wildman–Crippen MR) is 541 cm³/mol. The Hall–Kier alpha value is -14.1. The SMILES string of the molecule is CCCC[C@H]1C(=O)N(C)[C@@H](CCCC)C(=O)N[C@@H](CCN)C(=O)N[C@H](C(=O)NCC(=O)NCCCCCCCCCCC(=O)O)CSCC(=O)N[C@@H](Cc2ccc(O)cc2)C(=O)N(C)[C@@H](C)C(=O)N[C@@H](CC(N)=O)C(=O)N2CCC[C@H]2C(=O)N[C@@H](Cc2cnc[nH]2)C(=O)N[C@H](CCC(=O)O)C(=O)N2C[C@H](O)C[C@H]2C(=O)N[C@@H](Cc2c[nH]c3ccccc23)C(=O)N[C@@H](CCN)C(=O)N[C@@H](Cc2c[nH]c3ccccc23)C(=O)N1C. The number of aromatic nitrogens is 4. The molecule has 3 saturated heterocycles. The Labute approximate surface area is 855 Å². The molecule has 3 aromatic carbocycles. The number of phenolic OH excluding ortho intramolecular Hbond substituents is 1. The molecule has 46 nitrogen and oxygen atoms in total. The maximum atomic E-state index is 15.9. The number of likely N-dealkylation sites (N-methyl/N-ethyl adjacent to an activating group) is 3. The highest BCUT2D eigenvalue weighted by Crippen LogP contribution is 2.29. The Morgan fingerprint density at radius 2 is 1.00 bits per heavy atom. The fraction of sp³-hybridized carbons (Fsp3) is 0.560. The summed E-state index contributed by atoms with van der Waals surface area (Å²) in [6.07, 6.45) is 7.83. The van der Waals surface area contributed by atoms with Gasteiger partial charge in [-0.2, -0.15) is 0 Å². The van der Waals surface area contributed by atoms with Crippen molar-refractivity contribution < 1.29 is 112 Å². The van der Waals surface area contributed by atoms with Crippen LogP contribution in [0, 0.1) is 0 Å². The third kappa shape index (κ3) is 34.8. The second-order valence-electron chi connectivity index (χ2n) is 37.6. The molecular formula is C100H143N23O23S. The second kappa shape index (κ2) is 58.3. The molecule has 17 amide bonds. The number of amides is 17. The minimum absolute atomic E-state index is 0.000892. The van der Waals surface area contributed by atoms with Crippen molar-refractivity contribution in [2.45, 2.75) is 285 Å². The number of nitrogens with zero attached hydrogens (tertiary/aromatic N) is 6. The molecule has 3 aliphatic heterocycles. The predicted octanol–water partition coefficient (Wildman–Crippen LogP) is -0.442. The van der Waals surface area contributed by atoms with Crippen molar-refractivity contribution in [2.75, 3.05) is 71.9 Å². The maximum Gasteiger partial charge on any atom is 0.303 e. The topological polar surface area (TPSA) is 692 Å². The monoisotopic (exact) mass is 2070 g/mol. The van der Waals surface area contributed by atoms with Crippen LogP contribution in [-0.4, -0.2) is 340 Å². The number of nitrogens with one attached hydrogen (secondary N) is 14. The van der Waals surface area contributed by atoms with E-state index in [-0.39, 0.29) is 102 Å². The van der Waals surface area contributed by atoms with Crippen LogP contribution in [0.3, 0.4) is 0 Å². The Balaban J connectivity index is 1.08. The number of para-hydroxylation sites is 2. The first-order valence-electron chi connectivity index (χ1n) is 50.2. The molecule has 9 rings (SSSR count). The van der Waals surface area contributed by atoms with Crippen molar-refractivity contribution in [2.24, 2.45) is 17.2 Å². The second-order valence-corrected chi connectivity index (χ2v) is 38.7. The van der Waals surface area contributed by atoms with E-state index in [9.17, 15) is 58.5 Å². The Kier molecular flexibility index (Phi) is 46.2. The van der Waals surface area contributed by atoms with E-state index in [1.54, 1.807) is 60.9 Å². The van der Waals surface area contributed by atoms with E-state index in [1.165, 1.54) is 74.7 Å². The van der Waals surface area contributed by atoms with E-state index < -0.39 is 260 Å². The van der Waals surface area contributed by atoms with Crippen LogP contribution in [0.4, 0.5) is 0 Å². The number of hydrogen-bond acceptors (Lipinski definition) is 25. The van der Waals surface area contributed by atoms with Crippen molar-refractivity contribution in [3.63, 3.8) is 0 Å². The number of hydrogen-bond donors (Lipinski definition) is 21. The highest BCUT2D eigenvalue weighted by molar-refractivity contribution is 8.00. The lowest BCUT2D eigenvalue weighted by Gasteiger charge is -2.36. The van der Waals surface area contributed by atoms with Gasteiger partial charge in [0.15, 0.2) is 0 Å². The number of unbranched alkanes of at least 4 members (excludes halogenated alkanes) is 9. The number of imidazole rings is 1. The smallest absolute Gasteiger partial charge is 0.303 e. The van der Waals surface area contributed by atoms with Gasteiger partial charge >= 0.3 is 11.9 Å². The summed E-state index contributed by atoms with van der Waals surface area (Å²) >= 11 is 0.784. The molecule has 0 aliphatic carbocycles. The zero-order chi connectivity index (χ0) is 107. The molecule has 24 N–H and O–H groups in total. The number of H-pyrrole nitrogens is 3. The molecule has 6 heterocycles. The maximum absolute atomic E-state index is 15.9. The van der Waals surface area contributed by atoms with E-state index in [1.807, 2.05) is 13.8 Å². The van der Waals surface area contributed by atoms with Gasteiger partial charge in [0.25, 0.3) is 0 Å². The molecule has 6 aromatic rings. The van der Waals surface area contributed by atoms with E-state index in [2.05, 4.69) is 78.4 Å². The number of aliphatic carboxylic acids is 2. The van der Waals surface area contributed by atoms with Gasteiger partial charge in [0.05, 0.1) is 31.1 Å².